The number of phenolic OH excluding ortho intramolecular Hbond substituents is 1. The van der Waals surface area contributed by atoms with Crippen molar-refractivity contribution < 1.29 is 39.5 Å². The second-order valence-corrected chi connectivity index (χ2v) is 10.8. The number of hydrogen-bond acceptors (Lipinski definition) is 8. The quantitative estimate of drug-likeness (QED) is 0.410. The predicted octanol–water partition coefficient (Wildman–Crippen LogP) is 1.92. The Morgan fingerprint density at radius 3 is 2.68 bits per heavy atom. The van der Waals surface area contributed by atoms with E-state index in [0.29, 0.717) is 11.6 Å². The van der Waals surface area contributed by atoms with Crippen molar-refractivity contribution in [2.75, 3.05) is 32.8 Å². The molecule has 2 saturated heterocycles. The Kier molecular flexibility index (Phi) is 7.41. The molecule has 0 bridgehead atoms. The van der Waals surface area contributed by atoms with Crippen molar-refractivity contribution in [3.05, 3.63) is 52.5 Å². The van der Waals surface area contributed by atoms with Crippen LogP contribution in [0.3, 0.4) is 0 Å². The molecule has 3 aliphatic heterocycles. The number of fused-ring (bicyclic) bond motifs is 1. The molecule has 0 unspecified atom stereocenters. The molecule has 38 heavy (non-hydrogen) atoms. The molecule has 10 nitrogen and oxygen atoms in total. The van der Waals surface area contributed by atoms with Crippen molar-refractivity contribution in [1.82, 2.24) is 9.80 Å². The minimum Gasteiger partial charge on any atom is -0.508 e. The highest BCUT2D eigenvalue weighted by molar-refractivity contribution is 6.30. The van der Waals surface area contributed by atoms with Crippen molar-refractivity contribution in [2.24, 2.45) is 0 Å². The lowest BCUT2D eigenvalue weighted by molar-refractivity contribution is -0.141. The molecule has 1 spiro atoms. The zero-order valence-electron chi connectivity index (χ0n) is 20.8. The van der Waals surface area contributed by atoms with Crippen molar-refractivity contribution in [1.29, 1.82) is 0 Å². The SMILES string of the molecule is O=C(O)[C@@H]1C[C@@H](O)CN1C(=O)c1ccc(O)cc1OC[C@H](O)CN1CCC2(CC1)Cc1cc(Cl)ccc1O2. The first-order chi connectivity index (χ1) is 18.1. The minimum atomic E-state index is -1.20. The fraction of sp³-hybridized carbons (Fsp3) is 0.481. The van der Waals surface area contributed by atoms with Crippen LogP contribution in [-0.2, 0) is 11.2 Å². The van der Waals surface area contributed by atoms with Crippen molar-refractivity contribution in [3.8, 4) is 17.2 Å². The fourth-order valence-corrected chi connectivity index (χ4v) is 5.79. The number of β-amino-alcohol motifs (C(OH)–C–C–N with tert-alkyl or cyclic N) is 2. The van der Waals surface area contributed by atoms with Crippen LogP contribution in [0.25, 0.3) is 0 Å². The summed E-state index contributed by atoms with van der Waals surface area (Å²) in [5.41, 5.74) is 0.918. The summed E-state index contributed by atoms with van der Waals surface area (Å²) >= 11 is 6.13. The Morgan fingerprint density at radius 2 is 1.95 bits per heavy atom. The number of carbonyl (C=O) groups excluding carboxylic acids is 1. The normalized spacial score (nSPS) is 23.2. The summed E-state index contributed by atoms with van der Waals surface area (Å²) in [6, 6.07) is 8.45. The number of hydrogen-bond donors (Lipinski definition) is 4. The highest BCUT2D eigenvalue weighted by Crippen LogP contribution is 2.42. The number of rotatable bonds is 7. The van der Waals surface area contributed by atoms with Gasteiger partial charge in [-0.2, -0.15) is 0 Å². The van der Waals surface area contributed by atoms with Crippen LogP contribution in [0, 0.1) is 0 Å². The summed E-state index contributed by atoms with van der Waals surface area (Å²) in [4.78, 5) is 27.9. The zero-order chi connectivity index (χ0) is 27.0. The Morgan fingerprint density at radius 1 is 1.18 bits per heavy atom. The molecule has 11 heteroatoms. The van der Waals surface area contributed by atoms with Crippen LogP contribution in [0.1, 0.15) is 35.2 Å². The molecule has 3 heterocycles. The molecule has 0 radical (unpaired) electrons. The van der Waals surface area contributed by atoms with Crippen molar-refractivity contribution >= 4 is 23.5 Å². The van der Waals surface area contributed by atoms with E-state index in [-0.39, 0.29) is 42.2 Å². The van der Waals surface area contributed by atoms with Gasteiger partial charge in [0.15, 0.2) is 0 Å². The topological polar surface area (TPSA) is 140 Å². The lowest BCUT2D eigenvalue weighted by atomic mass is 9.87. The molecule has 5 rings (SSSR count). The Bertz CT molecular complexity index is 1220. The minimum absolute atomic E-state index is 0.0351. The van der Waals surface area contributed by atoms with Gasteiger partial charge < -0.3 is 39.7 Å². The van der Waals surface area contributed by atoms with Crippen LogP contribution in [0.4, 0.5) is 0 Å². The van der Waals surface area contributed by atoms with E-state index in [9.17, 15) is 30.0 Å². The van der Waals surface area contributed by atoms with Crippen molar-refractivity contribution in [2.45, 2.75) is 49.5 Å². The van der Waals surface area contributed by atoms with E-state index in [0.717, 1.165) is 48.6 Å². The van der Waals surface area contributed by atoms with E-state index in [4.69, 9.17) is 21.1 Å². The first-order valence-corrected chi connectivity index (χ1v) is 13.1. The van der Waals surface area contributed by atoms with Gasteiger partial charge in [-0.3, -0.25) is 4.79 Å². The molecular formula is C27H31ClN2O8. The molecule has 3 aliphatic rings. The number of carboxylic acid groups (broad SMARTS) is 1. The second-order valence-electron chi connectivity index (χ2n) is 10.4. The average molecular weight is 547 g/mol. The number of amides is 1. The van der Waals surface area contributed by atoms with Gasteiger partial charge in [0.25, 0.3) is 5.91 Å². The Labute approximate surface area is 224 Å². The summed E-state index contributed by atoms with van der Waals surface area (Å²) in [7, 11) is 0. The van der Waals surface area contributed by atoms with E-state index >= 15 is 0 Å². The molecule has 204 valence electrons. The summed E-state index contributed by atoms with van der Waals surface area (Å²) in [5, 5.41) is 40.7. The van der Waals surface area contributed by atoms with Crippen LogP contribution in [-0.4, -0.2) is 98.7 Å². The number of aliphatic hydroxyl groups is 2. The number of carbonyl (C=O) groups is 2. The molecular weight excluding hydrogens is 516 g/mol. The Balaban J connectivity index is 1.16. The number of aliphatic hydroxyl groups excluding tert-OH is 2. The zero-order valence-corrected chi connectivity index (χ0v) is 21.5. The number of piperidine rings is 1. The van der Waals surface area contributed by atoms with E-state index in [1.54, 1.807) is 0 Å². The van der Waals surface area contributed by atoms with Crippen LogP contribution in [0.5, 0.6) is 17.2 Å². The number of aromatic hydroxyl groups is 1. The van der Waals surface area contributed by atoms with Gasteiger partial charge in [-0.05, 0) is 35.9 Å². The predicted molar refractivity (Wildman–Crippen MR) is 137 cm³/mol. The standard InChI is InChI=1S/C27H31ClN2O8/c28-17-1-4-23-16(9-17)12-27(38-23)5-7-29(8-6-27)13-20(33)15-37-24-11-18(31)2-3-21(24)25(34)30-14-19(32)10-22(30)26(35)36/h1-4,9,11,19-20,22,31-33H,5-8,10,12-15H2,(H,35,36)/t19-,20-,22+/m1/s1. The van der Waals surface area contributed by atoms with Crippen LogP contribution < -0.4 is 9.47 Å². The first kappa shape index (κ1) is 26.6. The van der Waals surface area contributed by atoms with Crippen LogP contribution in [0.2, 0.25) is 5.02 Å². The van der Waals surface area contributed by atoms with Gasteiger partial charge in [-0.1, -0.05) is 11.6 Å². The van der Waals surface area contributed by atoms with Gasteiger partial charge in [-0.15, -0.1) is 0 Å². The summed E-state index contributed by atoms with van der Waals surface area (Å²) in [6.45, 7) is 1.59. The number of halogens is 1. The number of carboxylic acids is 1. The first-order valence-electron chi connectivity index (χ1n) is 12.7. The van der Waals surface area contributed by atoms with E-state index in [2.05, 4.69) is 4.90 Å². The molecule has 4 N–H and O–H groups in total. The molecule has 0 saturated carbocycles. The number of nitrogens with zero attached hydrogens (tertiary/aromatic N) is 2. The number of benzene rings is 2. The number of likely N-dealkylation sites (tertiary alicyclic amines) is 2. The van der Waals surface area contributed by atoms with E-state index < -0.39 is 30.1 Å². The van der Waals surface area contributed by atoms with Gasteiger partial charge in [0, 0.05) is 63.0 Å². The third-order valence-corrected chi connectivity index (χ3v) is 7.78. The van der Waals surface area contributed by atoms with Gasteiger partial charge >= 0.3 is 5.97 Å². The lowest BCUT2D eigenvalue weighted by Crippen LogP contribution is -2.49. The molecule has 1 amide bonds. The molecule has 2 aromatic carbocycles. The summed E-state index contributed by atoms with van der Waals surface area (Å²) < 4.78 is 12.0. The average Bonchev–Trinajstić information content (AvgIpc) is 3.44. The van der Waals surface area contributed by atoms with E-state index in [1.165, 1.54) is 18.2 Å². The largest absolute Gasteiger partial charge is 0.508 e. The van der Waals surface area contributed by atoms with Gasteiger partial charge in [0.05, 0.1) is 11.7 Å². The molecule has 2 fully saturated rings. The van der Waals surface area contributed by atoms with E-state index in [1.807, 2.05) is 18.2 Å². The van der Waals surface area contributed by atoms with Crippen LogP contribution >= 0.6 is 11.6 Å². The molecule has 0 aliphatic carbocycles. The Hall–Kier alpha value is -3.05. The second kappa shape index (κ2) is 10.6. The maximum atomic E-state index is 13.1. The van der Waals surface area contributed by atoms with Gasteiger partial charge in [0.1, 0.15) is 41.6 Å². The van der Waals surface area contributed by atoms with Crippen molar-refractivity contribution in [3.63, 3.8) is 0 Å². The fourth-order valence-electron chi connectivity index (χ4n) is 5.60. The smallest absolute Gasteiger partial charge is 0.326 e. The molecule has 0 aromatic heterocycles. The highest BCUT2D eigenvalue weighted by atomic mass is 35.5. The number of phenols is 1. The lowest BCUT2D eigenvalue weighted by Gasteiger charge is -2.39. The molecule has 2 aromatic rings. The third-order valence-electron chi connectivity index (χ3n) is 7.55. The number of ether oxygens (including phenoxy) is 2. The van der Waals surface area contributed by atoms with Gasteiger partial charge in [0.2, 0.25) is 0 Å². The summed E-state index contributed by atoms with van der Waals surface area (Å²) in [6.07, 6.45) is 0.572. The summed E-state index contributed by atoms with van der Waals surface area (Å²) in [5.74, 6) is -1.05. The third kappa shape index (κ3) is 5.54. The maximum absolute atomic E-state index is 13.1. The van der Waals surface area contributed by atoms with Gasteiger partial charge in [-0.25, -0.2) is 4.79 Å². The molecule has 3 atom stereocenters. The number of aliphatic carboxylic acids is 1. The monoisotopic (exact) mass is 546 g/mol. The van der Waals surface area contributed by atoms with Crippen LogP contribution in [0.15, 0.2) is 36.4 Å². The maximum Gasteiger partial charge on any atom is 0.326 e. The highest BCUT2D eigenvalue weighted by Gasteiger charge is 2.42.